The zero-order valence-corrected chi connectivity index (χ0v) is 12.6. The van der Waals surface area contributed by atoms with Gasteiger partial charge >= 0.3 is 0 Å². The van der Waals surface area contributed by atoms with Crippen molar-refractivity contribution in [3.63, 3.8) is 0 Å². The Bertz CT molecular complexity index is 471. The van der Waals surface area contributed by atoms with E-state index >= 15 is 0 Å². The average Bonchev–Trinajstić information content (AvgIpc) is 2.42. The lowest BCUT2D eigenvalue weighted by atomic mass is 10.1. The maximum Gasteiger partial charge on any atom is 0.254 e. The summed E-state index contributed by atoms with van der Waals surface area (Å²) in [5.74, 6) is 2.88. The molecule has 1 rings (SSSR count). The maximum atomic E-state index is 13.7. The van der Waals surface area contributed by atoms with Gasteiger partial charge in [0.05, 0.1) is 0 Å². The largest absolute Gasteiger partial charge is 0.337 e. The Morgan fingerprint density at radius 3 is 2.19 bits per heavy atom. The molecule has 0 aromatic heterocycles. The van der Waals surface area contributed by atoms with Gasteiger partial charge in [-0.25, -0.2) is 8.78 Å². The Kier molecular flexibility index (Phi) is 6.51. The number of nitrogens with one attached hydrogen (secondary N) is 1. The van der Waals surface area contributed by atoms with Gasteiger partial charge in [0.25, 0.3) is 5.91 Å². The molecule has 1 amide bonds. The van der Waals surface area contributed by atoms with Crippen molar-refractivity contribution in [2.24, 2.45) is 5.84 Å². The second kappa shape index (κ2) is 7.90. The van der Waals surface area contributed by atoms with Crippen LogP contribution in [0.5, 0.6) is 0 Å². The highest BCUT2D eigenvalue weighted by molar-refractivity contribution is 5.94. The molecule has 5 nitrogen and oxygen atoms in total. The van der Waals surface area contributed by atoms with E-state index < -0.39 is 17.3 Å². The van der Waals surface area contributed by atoms with E-state index in [1.165, 1.54) is 0 Å². The van der Waals surface area contributed by atoms with Crippen molar-refractivity contribution in [2.45, 2.75) is 13.3 Å². The number of anilines is 1. The lowest BCUT2D eigenvalue weighted by molar-refractivity contribution is 0.0744. The van der Waals surface area contributed by atoms with Crippen LogP contribution in [0.25, 0.3) is 0 Å². The predicted octanol–water partition coefficient (Wildman–Crippen LogP) is 1.66. The van der Waals surface area contributed by atoms with Crippen LogP contribution in [0.3, 0.4) is 0 Å². The fourth-order valence-corrected chi connectivity index (χ4v) is 1.92. The summed E-state index contributed by atoms with van der Waals surface area (Å²) in [5.41, 5.74) is 1.48. The van der Waals surface area contributed by atoms with Crippen molar-refractivity contribution in [2.75, 3.05) is 39.2 Å². The number of amides is 1. The minimum absolute atomic E-state index is 0.0174. The standard InChI is InChI=1S/C14H22F2N4O/c1-4-5-20(7-6-19(2)3)14(21)10-8-11(15)13(18-17)12(16)9-10/h8-9,18H,4-7,17H2,1-3H3. The van der Waals surface area contributed by atoms with Crippen LogP contribution in [0.2, 0.25) is 0 Å². The Labute approximate surface area is 123 Å². The van der Waals surface area contributed by atoms with Gasteiger partial charge in [-0.1, -0.05) is 6.92 Å². The first-order valence-corrected chi connectivity index (χ1v) is 6.80. The number of rotatable bonds is 7. The molecule has 3 N–H and O–H groups in total. The molecule has 0 atom stereocenters. The number of carbonyl (C=O) groups is 1. The summed E-state index contributed by atoms with van der Waals surface area (Å²) in [4.78, 5) is 15.9. The minimum Gasteiger partial charge on any atom is -0.337 e. The number of nitrogens with two attached hydrogens (primary N) is 1. The summed E-state index contributed by atoms with van der Waals surface area (Å²) in [7, 11) is 3.80. The fraction of sp³-hybridized carbons (Fsp3) is 0.500. The summed E-state index contributed by atoms with van der Waals surface area (Å²) >= 11 is 0. The highest BCUT2D eigenvalue weighted by Crippen LogP contribution is 2.20. The zero-order chi connectivity index (χ0) is 16.0. The third kappa shape index (κ3) is 4.64. The number of nitrogen functional groups attached to an aromatic ring is 1. The molecule has 0 radical (unpaired) electrons. The van der Waals surface area contributed by atoms with Crippen LogP contribution < -0.4 is 11.3 Å². The number of hydrogen-bond donors (Lipinski definition) is 2. The van der Waals surface area contributed by atoms with Crippen LogP contribution >= 0.6 is 0 Å². The SMILES string of the molecule is CCCN(CCN(C)C)C(=O)c1cc(F)c(NN)c(F)c1. The molecule has 0 aliphatic heterocycles. The Morgan fingerprint density at radius 2 is 1.76 bits per heavy atom. The van der Waals surface area contributed by atoms with E-state index in [0.29, 0.717) is 19.6 Å². The highest BCUT2D eigenvalue weighted by atomic mass is 19.1. The van der Waals surface area contributed by atoms with Crippen molar-refractivity contribution < 1.29 is 13.6 Å². The van der Waals surface area contributed by atoms with Crippen molar-refractivity contribution >= 4 is 11.6 Å². The van der Waals surface area contributed by atoms with Gasteiger partial charge in [0.1, 0.15) is 5.69 Å². The van der Waals surface area contributed by atoms with Gasteiger partial charge in [-0.05, 0) is 32.6 Å². The Hall–Kier alpha value is -1.73. The van der Waals surface area contributed by atoms with Crippen LogP contribution in [-0.4, -0.2) is 49.4 Å². The van der Waals surface area contributed by atoms with E-state index in [1.54, 1.807) is 4.90 Å². The normalized spacial score (nSPS) is 10.8. The summed E-state index contributed by atoms with van der Waals surface area (Å²) in [6, 6.07) is 2.00. The lowest BCUT2D eigenvalue weighted by Gasteiger charge is -2.24. The van der Waals surface area contributed by atoms with Crippen LogP contribution in [0, 0.1) is 11.6 Å². The topological polar surface area (TPSA) is 61.6 Å². The quantitative estimate of drug-likeness (QED) is 0.594. The Morgan fingerprint density at radius 1 is 1.19 bits per heavy atom. The lowest BCUT2D eigenvalue weighted by Crippen LogP contribution is -2.37. The van der Waals surface area contributed by atoms with Gasteiger partial charge in [0, 0.05) is 25.2 Å². The maximum absolute atomic E-state index is 13.7. The van der Waals surface area contributed by atoms with Crippen LogP contribution in [0.1, 0.15) is 23.7 Å². The second-order valence-electron chi connectivity index (χ2n) is 5.05. The molecule has 0 saturated carbocycles. The molecule has 0 fully saturated rings. The first-order chi connectivity index (χ1) is 9.90. The van der Waals surface area contributed by atoms with Crippen molar-refractivity contribution in [1.29, 1.82) is 0 Å². The number of nitrogens with zero attached hydrogens (tertiary/aromatic N) is 2. The molecule has 0 bridgehead atoms. The zero-order valence-electron chi connectivity index (χ0n) is 12.6. The van der Waals surface area contributed by atoms with Gasteiger partial charge in [-0.15, -0.1) is 0 Å². The van der Waals surface area contributed by atoms with E-state index in [2.05, 4.69) is 0 Å². The predicted molar refractivity (Wildman–Crippen MR) is 78.9 cm³/mol. The van der Waals surface area contributed by atoms with Crippen molar-refractivity contribution in [3.05, 3.63) is 29.3 Å². The molecule has 118 valence electrons. The highest BCUT2D eigenvalue weighted by Gasteiger charge is 2.19. The molecule has 21 heavy (non-hydrogen) atoms. The number of likely N-dealkylation sites (N-methyl/N-ethyl adjacent to an activating group) is 1. The fourth-order valence-electron chi connectivity index (χ4n) is 1.92. The average molecular weight is 300 g/mol. The van der Waals surface area contributed by atoms with Crippen molar-refractivity contribution in [3.8, 4) is 0 Å². The first kappa shape index (κ1) is 17.3. The van der Waals surface area contributed by atoms with E-state index in [9.17, 15) is 13.6 Å². The molecule has 0 saturated heterocycles. The molecule has 0 heterocycles. The minimum atomic E-state index is -0.884. The molecular weight excluding hydrogens is 278 g/mol. The molecule has 0 aliphatic rings. The monoisotopic (exact) mass is 300 g/mol. The summed E-state index contributed by atoms with van der Waals surface area (Å²) in [5, 5.41) is 0. The van der Waals surface area contributed by atoms with E-state index in [4.69, 9.17) is 5.84 Å². The smallest absolute Gasteiger partial charge is 0.254 e. The number of benzene rings is 1. The van der Waals surface area contributed by atoms with Gasteiger partial charge in [-0.2, -0.15) is 0 Å². The molecule has 0 unspecified atom stereocenters. The van der Waals surface area contributed by atoms with Crippen LogP contribution in [-0.2, 0) is 0 Å². The molecule has 7 heteroatoms. The Balaban J connectivity index is 2.98. The van der Waals surface area contributed by atoms with Gasteiger partial charge < -0.3 is 15.2 Å². The number of hydrogen-bond acceptors (Lipinski definition) is 4. The summed E-state index contributed by atoms with van der Waals surface area (Å²) in [6.07, 6.45) is 0.770. The molecular formula is C14H22F2N4O. The van der Waals surface area contributed by atoms with Crippen LogP contribution in [0.4, 0.5) is 14.5 Å². The first-order valence-electron chi connectivity index (χ1n) is 6.80. The van der Waals surface area contributed by atoms with Crippen LogP contribution in [0.15, 0.2) is 12.1 Å². The summed E-state index contributed by atoms with van der Waals surface area (Å²) < 4.78 is 27.3. The summed E-state index contributed by atoms with van der Waals surface area (Å²) in [6.45, 7) is 3.66. The number of carbonyl (C=O) groups excluding carboxylic acids is 1. The van der Waals surface area contributed by atoms with Gasteiger partial charge in [0.2, 0.25) is 0 Å². The molecule has 1 aromatic carbocycles. The molecule has 1 aromatic rings. The molecule has 0 spiro atoms. The van der Waals surface area contributed by atoms with Crippen molar-refractivity contribution in [1.82, 2.24) is 9.80 Å². The molecule has 0 aliphatic carbocycles. The third-order valence-electron chi connectivity index (χ3n) is 3.03. The number of halogens is 2. The number of hydrazine groups is 1. The van der Waals surface area contributed by atoms with E-state index in [1.807, 2.05) is 31.3 Å². The van der Waals surface area contributed by atoms with E-state index in [0.717, 1.165) is 18.6 Å². The third-order valence-corrected chi connectivity index (χ3v) is 3.03. The second-order valence-corrected chi connectivity index (χ2v) is 5.05. The van der Waals surface area contributed by atoms with Gasteiger partial charge in [-0.3, -0.25) is 10.6 Å². The van der Waals surface area contributed by atoms with E-state index in [-0.39, 0.29) is 11.5 Å². The van der Waals surface area contributed by atoms with Gasteiger partial charge in [0.15, 0.2) is 11.6 Å².